The van der Waals surface area contributed by atoms with Gasteiger partial charge in [-0.1, -0.05) is 123 Å². The van der Waals surface area contributed by atoms with Gasteiger partial charge in [-0.3, -0.25) is 4.57 Å². The molecule has 47 heavy (non-hydrogen) atoms. The second-order valence-corrected chi connectivity index (χ2v) is 13.0. The molecule has 0 fully saturated rings. The lowest BCUT2D eigenvalue weighted by Crippen LogP contribution is -2.18. The molecule has 4 nitrogen and oxygen atoms in total. The highest BCUT2D eigenvalue weighted by molar-refractivity contribution is 6.28. The average Bonchev–Trinajstić information content (AvgIpc) is 3.72. The average molecular weight is 603 g/mol. The first kappa shape index (κ1) is 26.2. The molecule has 0 aliphatic heterocycles. The van der Waals surface area contributed by atoms with Crippen molar-refractivity contribution in [2.24, 2.45) is 0 Å². The zero-order valence-corrected chi connectivity index (χ0v) is 26.1. The second kappa shape index (κ2) is 9.51. The predicted octanol–water partition coefficient (Wildman–Crippen LogP) is 10.6. The Bertz CT molecular complexity index is 2700. The van der Waals surface area contributed by atoms with E-state index in [2.05, 4.69) is 169 Å². The lowest BCUT2D eigenvalue weighted by atomic mass is 9.81. The molecular weight excluding hydrogens is 573 g/mol. The minimum atomic E-state index is -0.234. The Morgan fingerprint density at radius 1 is 0.468 bits per heavy atom. The molecule has 10 rings (SSSR count). The van der Waals surface area contributed by atoms with Crippen molar-refractivity contribution in [2.45, 2.75) is 19.3 Å². The van der Waals surface area contributed by atoms with Crippen LogP contribution in [0, 0.1) is 0 Å². The van der Waals surface area contributed by atoms with Crippen LogP contribution in [0.4, 0.5) is 0 Å². The summed E-state index contributed by atoms with van der Waals surface area (Å²) < 4.78 is 4.66. The Hall–Kier alpha value is -6.00. The first-order valence-corrected chi connectivity index (χ1v) is 16.2. The first-order chi connectivity index (χ1) is 23.1. The monoisotopic (exact) mass is 602 g/mol. The molecule has 0 amide bonds. The van der Waals surface area contributed by atoms with Crippen LogP contribution in [-0.2, 0) is 5.41 Å². The van der Waals surface area contributed by atoms with Crippen molar-refractivity contribution < 1.29 is 0 Å². The number of para-hydroxylation sites is 3. The highest BCUT2D eigenvalue weighted by Gasteiger charge is 2.40. The fourth-order valence-electron chi connectivity index (χ4n) is 8.10. The molecule has 3 aromatic heterocycles. The van der Waals surface area contributed by atoms with Crippen LogP contribution in [0.25, 0.3) is 77.8 Å². The molecule has 222 valence electrons. The Morgan fingerprint density at radius 3 is 1.70 bits per heavy atom. The lowest BCUT2D eigenvalue weighted by molar-refractivity contribution is 0.657. The van der Waals surface area contributed by atoms with Crippen LogP contribution in [-0.4, -0.2) is 19.1 Å². The molecule has 0 atom stereocenters. The number of nitrogens with zero attached hydrogens (tertiary/aromatic N) is 4. The van der Waals surface area contributed by atoms with E-state index in [-0.39, 0.29) is 5.41 Å². The molecule has 9 aromatic rings. The summed E-state index contributed by atoms with van der Waals surface area (Å²) in [6, 6.07) is 51.9. The van der Waals surface area contributed by atoms with Gasteiger partial charge in [0.25, 0.3) is 0 Å². The van der Waals surface area contributed by atoms with Crippen molar-refractivity contribution in [3.63, 3.8) is 0 Å². The molecule has 6 aromatic carbocycles. The quantitative estimate of drug-likeness (QED) is 0.202. The fourth-order valence-corrected chi connectivity index (χ4v) is 8.10. The van der Waals surface area contributed by atoms with E-state index >= 15 is 0 Å². The molecule has 1 aliphatic carbocycles. The molecule has 0 saturated heterocycles. The highest BCUT2D eigenvalue weighted by Crippen LogP contribution is 2.51. The Balaban J connectivity index is 1.36. The van der Waals surface area contributed by atoms with Crippen LogP contribution < -0.4 is 0 Å². The van der Waals surface area contributed by atoms with Crippen LogP contribution in [0.3, 0.4) is 0 Å². The molecule has 3 heterocycles. The van der Waals surface area contributed by atoms with Crippen molar-refractivity contribution in [1.82, 2.24) is 19.1 Å². The lowest BCUT2D eigenvalue weighted by Gasteiger charge is -2.24. The van der Waals surface area contributed by atoms with Crippen LogP contribution in [0.15, 0.2) is 146 Å². The maximum absolute atomic E-state index is 5.48. The van der Waals surface area contributed by atoms with E-state index in [1.165, 1.54) is 49.3 Å². The molecule has 4 heteroatoms. The molecule has 0 bridgehead atoms. The minimum absolute atomic E-state index is 0.234. The van der Waals surface area contributed by atoms with E-state index in [1.54, 1.807) is 0 Å². The highest BCUT2D eigenvalue weighted by atomic mass is 15.2. The maximum Gasteiger partial charge on any atom is 0.235 e. The molecule has 0 radical (unpaired) electrons. The smallest absolute Gasteiger partial charge is 0.235 e. The third-order valence-corrected chi connectivity index (χ3v) is 10.1. The van der Waals surface area contributed by atoms with Gasteiger partial charge in [0.1, 0.15) is 0 Å². The third-order valence-electron chi connectivity index (χ3n) is 10.1. The van der Waals surface area contributed by atoms with Crippen LogP contribution >= 0.6 is 0 Å². The Kier molecular flexibility index (Phi) is 5.31. The maximum atomic E-state index is 5.48. The van der Waals surface area contributed by atoms with Crippen molar-refractivity contribution >= 4 is 43.6 Å². The standard InChI is InChI=1S/C43H30N4/c1-43(2)32-22-12-9-19-29(32)41-39(43)40(27-15-5-3-6-16-27)44-42(45-41)47-34-24-14-11-21-31(34)38-36(47)26-25-35-37(38)30-20-10-13-23-33(30)46(35)28-17-7-4-8-18-28/h3-26H,1-2H3. The summed E-state index contributed by atoms with van der Waals surface area (Å²) in [5.41, 5.74) is 12.2. The summed E-state index contributed by atoms with van der Waals surface area (Å²) in [7, 11) is 0. The van der Waals surface area contributed by atoms with E-state index in [0.717, 1.165) is 33.7 Å². The topological polar surface area (TPSA) is 35.6 Å². The summed E-state index contributed by atoms with van der Waals surface area (Å²) in [6.07, 6.45) is 0. The zero-order chi connectivity index (χ0) is 31.3. The summed E-state index contributed by atoms with van der Waals surface area (Å²) >= 11 is 0. The number of aromatic nitrogens is 4. The van der Waals surface area contributed by atoms with Gasteiger partial charge in [-0.05, 0) is 42.0 Å². The van der Waals surface area contributed by atoms with Gasteiger partial charge in [0.15, 0.2) is 0 Å². The van der Waals surface area contributed by atoms with Crippen molar-refractivity contribution in [1.29, 1.82) is 0 Å². The number of benzene rings is 6. The Morgan fingerprint density at radius 2 is 1.00 bits per heavy atom. The molecule has 0 N–H and O–H groups in total. The van der Waals surface area contributed by atoms with Crippen molar-refractivity contribution in [2.75, 3.05) is 0 Å². The van der Waals surface area contributed by atoms with Crippen molar-refractivity contribution in [3.05, 3.63) is 157 Å². The van der Waals surface area contributed by atoms with Gasteiger partial charge < -0.3 is 4.57 Å². The van der Waals surface area contributed by atoms with E-state index in [4.69, 9.17) is 9.97 Å². The van der Waals surface area contributed by atoms with Crippen LogP contribution in [0.1, 0.15) is 25.0 Å². The summed E-state index contributed by atoms with van der Waals surface area (Å²) in [4.78, 5) is 10.9. The number of rotatable bonds is 3. The zero-order valence-electron chi connectivity index (χ0n) is 26.1. The fraction of sp³-hybridized carbons (Fsp3) is 0.0698. The first-order valence-electron chi connectivity index (χ1n) is 16.2. The van der Waals surface area contributed by atoms with Crippen LogP contribution in [0.2, 0.25) is 0 Å². The largest absolute Gasteiger partial charge is 0.309 e. The van der Waals surface area contributed by atoms with Gasteiger partial charge in [-0.15, -0.1) is 0 Å². The normalized spacial score (nSPS) is 13.5. The van der Waals surface area contributed by atoms with Gasteiger partial charge in [0.2, 0.25) is 5.95 Å². The van der Waals surface area contributed by atoms with Crippen LogP contribution in [0.5, 0.6) is 0 Å². The molecule has 0 spiro atoms. The molecule has 1 aliphatic rings. The number of hydrogen-bond donors (Lipinski definition) is 0. The Labute approximate surface area is 272 Å². The van der Waals surface area contributed by atoms with Gasteiger partial charge in [0.05, 0.1) is 33.5 Å². The number of hydrogen-bond acceptors (Lipinski definition) is 2. The van der Waals surface area contributed by atoms with E-state index < -0.39 is 0 Å². The van der Waals surface area contributed by atoms with Gasteiger partial charge in [-0.2, -0.15) is 0 Å². The number of fused-ring (bicyclic) bond motifs is 10. The third kappa shape index (κ3) is 3.53. The summed E-state index contributed by atoms with van der Waals surface area (Å²) in [6.45, 7) is 4.60. The predicted molar refractivity (Wildman–Crippen MR) is 194 cm³/mol. The van der Waals surface area contributed by atoms with E-state index in [0.29, 0.717) is 5.95 Å². The van der Waals surface area contributed by atoms with Gasteiger partial charge >= 0.3 is 0 Å². The second-order valence-electron chi connectivity index (χ2n) is 13.0. The van der Waals surface area contributed by atoms with Gasteiger partial charge in [-0.25, -0.2) is 9.97 Å². The SMILES string of the molecule is CC1(C)c2ccccc2-c2nc(-n3c4ccccc4c4c5c6ccccc6n(-c6ccccc6)c5ccc43)nc(-c3ccccc3)c21. The molecule has 0 saturated carbocycles. The minimum Gasteiger partial charge on any atom is -0.309 e. The summed E-state index contributed by atoms with van der Waals surface area (Å²) in [5, 5.41) is 4.88. The van der Waals surface area contributed by atoms with Crippen molar-refractivity contribution in [3.8, 4) is 34.2 Å². The van der Waals surface area contributed by atoms with E-state index in [1.807, 2.05) is 0 Å². The van der Waals surface area contributed by atoms with Gasteiger partial charge in [0, 0.05) is 49.3 Å². The molecular formula is C43H30N4. The molecule has 0 unspecified atom stereocenters. The van der Waals surface area contributed by atoms with E-state index in [9.17, 15) is 0 Å². The summed E-state index contributed by atoms with van der Waals surface area (Å²) in [5.74, 6) is 0.687.